The molecule has 15 heavy (non-hydrogen) atoms. The minimum atomic E-state index is -3.43. The van der Waals surface area contributed by atoms with E-state index in [0.717, 1.165) is 11.5 Å². The first kappa shape index (κ1) is 12.5. The molecule has 7 heteroatoms. The highest BCUT2D eigenvalue weighted by Gasteiger charge is 2.17. The van der Waals surface area contributed by atoms with Crippen molar-refractivity contribution in [1.29, 1.82) is 0 Å². The van der Waals surface area contributed by atoms with Gasteiger partial charge in [-0.3, -0.25) is 5.10 Å². The van der Waals surface area contributed by atoms with E-state index < -0.39 is 10.0 Å². The molecule has 0 bridgehead atoms. The van der Waals surface area contributed by atoms with Crippen LogP contribution in [0.4, 0.5) is 0 Å². The van der Waals surface area contributed by atoms with Gasteiger partial charge in [0, 0.05) is 11.8 Å². The van der Waals surface area contributed by atoms with Crippen LogP contribution in [0, 0.1) is 0 Å². The fraction of sp³-hybridized carbons (Fsp3) is 0.625. The van der Waals surface area contributed by atoms with Crippen molar-refractivity contribution in [3.63, 3.8) is 0 Å². The van der Waals surface area contributed by atoms with Crippen molar-refractivity contribution in [2.24, 2.45) is 0 Å². The zero-order chi connectivity index (χ0) is 11.3. The van der Waals surface area contributed by atoms with Gasteiger partial charge < -0.3 is 0 Å². The Morgan fingerprint density at radius 2 is 2.40 bits per heavy atom. The predicted octanol–water partition coefficient (Wildman–Crippen LogP) is 0.830. The first-order chi connectivity index (χ1) is 7.06. The van der Waals surface area contributed by atoms with Crippen LogP contribution in [0.1, 0.15) is 13.8 Å². The number of thioether (sulfide) groups is 1. The second-order valence-electron chi connectivity index (χ2n) is 3.10. The van der Waals surface area contributed by atoms with Gasteiger partial charge in [0.25, 0.3) is 10.0 Å². The summed E-state index contributed by atoms with van der Waals surface area (Å²) in [7, 11) is -3.43. The highest BCUT2D eigenvalue weighted by Crippen LogP contribution is 2.07. The Morgan fingerprint density at radius 3 is 2.93 bits per heavy atom. The Hall–Kier alpha value is -0.530. The molecule has 1 heterocycles. The second-order valence-corrected chi connectivity index (χ2v) is 6.10. The van der Waals surface area contributed by atoms with Crippen molar-refractivity contribution >= 4 is 21.8 Å². The number of rotatable bonds is 6. The van der Waals surface area contributed by atoms with Crippen molar-refractivity contribution in [1.82, 2.24) is 14.9 Å². The van der Waals surface area contributed by atoms with Gasteiger partial charge in [0.1, 0.15) is 0 Å². The third-order valence-corrected chi connectivity index (χ3v) is 4.36. The number of H-pyrrole nitrogens is 1. The monoisotopic (exact) mass is 249 g/mol. The Morgan fingerprint density at radius 1 is 1.67 bits per heavy atom. The molecule has 0 aliphatic carbocycles. The number of aromatic nitrogens is 2. The van der Waals surface area contributed by atoms with Gasteiger partial charge in [0.15, 0.2) is 5.03 Å². The molecular weight excluding hydrogens is 234 g/mol. The number of aromatic amines is 1. The maximum absolute atomic E-state index is 11.7. The van der Waals surface area contributed by atoms with E-state index in [4.69, 9.17) is 0 Å². The molecule has 1 atom stereocenters. The number of hydrogen-bond acceptors (Lipinski definition) is 4. The highest BCUT2D eigenvalue weighted by atomic mass is 32.2. The Kier molecular flexibility index (Phi) is 4.62. The lowest BCUT2D eigenvalue weighted by Gasteiger charge is -2.11. The molecule has 0 saturated carbocycles. The van der Waals surface area contributed by atoms with E-state index in [1.54, 1.807) is 11.8 Å². The van der Waals surface area contributed by atoms with Crippen molar-refractivity contribution < 1.29 is 8.42 Å². The van der Waals surface area contributed by atoms with Crippen molar-refractivity contribution in [3.8, 4) is 0 Å². The van der Waals surface area contributed by atoms with Crippen LogP contribution in [0.25, 0.3) is 0 Å². The van der Waals surface area contributed by atoms with Gasteiger partial charge in [0.05, 0.1) is 6.20 Å². The Labute approximate surface area is 94.1 Å². The summed E-state index contributed by atoms with van der Waals surface area (Å²) >= 11 is 1.70. The molecule has 0 aliphatic heterocycles. The van der Waals surface area contributed by atoms with Crippen LogP contribution in [-0.2, 0) is 10.0 Å². The quantitative estimate of drug-likeness (QED) is 0.783. The summed E-state index contributed by atoms with van der Waals surface area (Å²) in [4.78, 5) is 0. The van der Waals surface area contributed by atoms with E-state index >= 15 is 0 Å². The van der Waals surface area contributed by atoms with Crippen LogP contribution in [0.15, 0.2) is 17.3 Å². The molecule has 0 radical (unpaired) electrons. The largest absolute Gasteiger partial charge is 0.266 e. The minimum absolute atomic E-state index is 0.0803. The van der Waals surface area contributed by atoms with E-state index in [1.165, 1.54) is 12.3 Å². The minimum Gasteiger partial charge on any atom is -0.266 e. The molecule has 1 unspecified atom stereocenters. The first-order valence-electron chi connectivity index (χ1n) is 4.65. The van der Waals surface area contributed by atoms with Crippen LogP contribution in [0.3, 0.4) is 0 Å². The van der Waals surface area contributed by atoms with E-state index in [1.807, 2.05) is 13.8 Å². The van der Waals surface area contributed by atoms with Gasteiger partial charge in [-0.2, -0.15) is 16.9 Å². The summed E-state index contributed by atoms with van der Waals surface area (Å²) in [5, 5.41) is 6.15. The molecule has 5 nitrogen and oxygen atoms in total. The average molecular weight is 249 g/mol. The van der Waals surface area contributed by atoms with Gasteiger partial charge >= 0.3 is 0 Å². The fourth-order valence-corrected chi connectivity index (χ4v) is 2.98. The summed E-state index contributed by atoms with van der Waals surface area (Å²) in [6.45, 7) is 3.89. The molecule has 1 aromatic rings. The van der Waals surface area contributed by atoms with E-state index in [0.29, 0.717) is 0 Å². The van der Waals surface area contributed by atoms with Gasteiger partial charge in [-0.1, -0.05) is 6.92 Å². The van der Waals surface area contributed by atoms with E-state index in [-0.39, 0.29) is 11.1 Å². The maximum Gasteiger partial charge on any atom is 0.257 e. The summed E-state index contributed by atoms with van der Waals surface area (Å²) in [5.74, 6) is 1.75. The van der Waals surface area contributed by atoms with Gasteiger partial charge in [-0.15, -0.1) is 0 Å². The van der Waals surface area contributed by atoms with Crippen molar-refractivity contribution in [3.05, 3.63) is 12.3 Å². The second kappa shape index (κ2) is 5.53. The number of nitrogens with one attached hydrogen (secondary N) is 2. The SMILES string of the molecule is CCSCC(C)NS(=O)(=O)c1ccn[nH]1. The molecule has 1 rings (SSSR count). The number of sulfonamides is 1. The smallest absolute Gasteiger partial charge is 0.257 e. The molecule has 0 aromatic carbocycles. The van der Waals surface area contributed by atoms with Gasteiger partial charge in [-0.25, -0.2) is 13.1 Å². The lowest BCUT2D eigenvalue weighted by molar-refractivity contribution is 0.567. The fourth-order valence-electron chi connectivity index (χ4n) is 1.05. The Balaban J connectivity index is 2.57. The van der Waals surface area contributed by atoms with Crippen molar-refractivity contribution in [2.45, 2.75) is 24.9 Å². The molecule has 86 valence electrons. The molecule has 0 saturated heterocycles. The van der Waals surface area contributed by atoms with Crippen LogP contribution in [0.2, 0.25) is 0 Å². The summed E-state index contributed by atoms with van der Waals surface area (Å²) in [5.41, 5.74) is 0. The van der Waals surface area contributed by atoms with E-state index in [2.05, 4.69) is 14.9 Å². The predicted molar refractivity (Wildman–Crippen MR) is 61.4 cm³/mol. The number of hydrogen-bond donors (Lipinski definition) is 2. The number of nitrogens with zero attached hydrogens (tertiary/aromatic N) is 1. The maximum atomic E-state index is 11.7. The lowest BCUT2D eigenvalue weighted by Crippen LogP contribution is -2.34. The normalized spacial score (nSPS) is 14.0. The van der Waals surface area contributed by atoms with Gasteiger partial charge in [-0.05, 0) is 18.7 Å². The third-order valence-electron chi connectivity index (χ3n) is 1.69. The molecule has 1 aromatic heterocycles. The van der Waals surface area contributed by atoms with Crippen LogP contribution >= 0.6 is 11.8 Å². The molecule has 0 aliphatic rings. The summed E-state index contributed by atoms with van der Waals surface area (Å²) in [6, 6.07) is 1.35. The van der Waals surface area contributed by atoms with Crippen LogP contribution in [0.5, 0.6) is 0 Å². The summed E-state index contributed by atoms with van der Waals surface area (Å²) in [6.07, 6.45) is 1.42. The van der Waals surface area contributed by atoms with Gasteiger partial charge in [0.2, 0.25) is 0 Å². The molecular formula is C8H15N3O2S2. The van der Waals surface area contributed by atoms with Crippen LogP contribution in [-0.4, -0.2) is 36.2 Å². The molecule has 0 amide bonds. The standard InChI is InChI=1S/C8H15N3O2S2/c1-3-14-6-7(2)11-15(12,13)8-4-5-9-10-8/h4-5,7,11H,3,6H2,1-2H3,(H,9,10). The topological polar surface area (TPSA) is 74.8 Å². The third kappa shape index (κ3) is 3.84. The molecule has 0 fully saturated rings. The average Bonchev–Trinajstić information content (AvgIpc) is 2.67. The zero-order valence-corrected chi connectivity index (χ0v) is 10.4. The first-order valence-corrected chi connectivity index (χ1v) is 7.29. The van der Waals surface area contributed by atoms with E-state index in [9.17, 15) is 8.42 Å². The zero-order valence-electron chi connectivity index (χ0n) is 8.73. The lowest BCUT2D eigenvalue weighted by atomic mass is 10.4. The molecule has 2 N–H and O–H groups in total. The Bertz CT molecular complexity index is 375. The van der Waals surface area contributed by atoms with Crippen LogP contribution < -0.4 is 4.72 Å². The summed E-state index contributed by atoms with van der Waals surface area (Å²) < 4.78 is 25.9. The highest BCUT2D eigenvalue weighted by molar-refractivity contribution is 7.99. The van der Waals surface area contributed by atoms with Crippen molar-refractivity contribution in [2.75, 3.05) is 11.5 Å². The molecule has 0 spiro atoms.